The second kappa shape index (κ2) is 12.6. The predicted octanol–water partition coefficient (Wildman–Crippen LogP) is -6.74. The Kier molecular flexibility index (Phi) is 23.9. The fourth-order valence-corrected chi connectivity index (χ4v) is 0. The van der Waals surface area contributed by atoms with Crippen LogP contribution in [0.5, 0.6) is 0 Å². The van der Waals surface area contributed by atoms with Crippen molar-refractivity contribution in [2.24, 2.45) is 0 Å². The van der Waals surface area contributed by atoms with Crippen molar-refractivity contribution in [2.75, 3.05) is 0 Å². The number of hydrogen-bond acceptors (Lipinski definition) is 4. The number of hydrogen-bond donors (Lipinski definition) is 4. The zero-order valence-corrected chi connectivity index (χ0v) is 13.9. The molecule has 13 heteroatoms. The molecule has 13 heavy (non-hydrogen) atoms. The molecule has 0 bridgehead atoms. The van der Waals surface area contributed by atoms with E-state index < -0.39 is 29.3 Å². The molecule has 0 saturated heterocycles. The molecule has 4 N–H and O–H groups in total. The molecule has 7 nitrogen and oxygen atoms in total. The van der Waals surface area contributed by atoms with Gasteiger partial charge in [0.25, 0.3) is 29.3 Å². The summed E-state index contributed by atoms with van der Waals surface area (Å²) >= 11 is 3.47. The molecule has 0 heterocycles. The van der Waals surface area contributed by atoms with Gasteiger partial charge in [0.2, 0.25) is 0 Å². The van der Waals surface area contributed by atoms with Gasteiger partial charge in [-0.05, 0) is 0 Å². The Morgan fingerprint density at radius 2 is 1.15 bits per heavy atom. The van der Waals surface area contributed by atoms with Gasteiger partial charge in [0.1, 0.15) is 0 Å². The molecule has 0 aliphatic rings. The third-order valence-electron chi connectivity index (χ3n) is 0.122. The summed E-state index contributed by atoms with van der Waals surface area (Å²) < 4.78 is 57.6. The van der Waals surface area contributed by atoms with Crippen molar-refractivity contribution < 1.29 is 92.8 Å². The molecular weight excluding hydrogens is 286 g/mol. The van der Waals surface area contributed by atoms with Gasteiger partial charge in [-0.15, -0.1) is 0 Å². The zero-order chi connectivity index (χ0) is 9.65. The Bertz CT molecular complexity index is 230. The first-order valence-electron chi connectivity index (χ1n) is 1.56. The second-order valence-electron chi connectivity index (χ2n) is 0.882. The van der Waals surface area contributed by atoms with Crippen LogP contribution in [-0.2, 0) is 40.5 Å². The standard InChI is InChI=1S/2Na.H2O4S2.H2O3S2.2H/c;;1-5(2)6(3)4;1-5(2,3)4;;/h;;(H,1,2)(H,3,4);(H2,1,2,3,4);;/q2*+1;;;2*-1. The first-order chi connectivity index (χ1) is 4.64. The van der Waals surface area contributed by atoms with E-state index in [9.17, 15) is 8.42 Å². The minimum atomic E-state index is -3.83. The Balaban J connectivity index is -0.0000000215. The average molecular weight is 292 g/mol. The van der Waals surface area contributed by atoms with E-state index in [-0.39, 0.29) is 62.0 Å². The van der Waals surface area contributed by atoms with Crippen molar-refractivity contribution >= 4 is 40.5 Å². The second-order valence-corrected chi connectivity index (χ2v) is 5.66. The molecule has 0 aromatic rings. The molecular formula is H6Na2O7S4. The summed E-state index contributed by atoms with van der Waals surface area (Å²) in [5, 5.41) is 0. The van der Waals surface area contributed by atoms with Crippen molar-refractivity contribution in [1.82, 2.24) is 0 Å². The van der Waals surface area contributed by atoms with Crippen LogP contribution in [0.4, 0.5) is 0 Å². The van der Waals surface area contributed by atoms with Crippen LogP contribution in [0.25, 0.3) is 0 Å². The van der Waals surface area contributed by atoms with E-state index in [1.807, 2.05) is 0 Å². The van der Waals surface area contributed by atoms with Crippen molar-refractivity contribution in [1.29, 1.82) is 0 Å². The minimum Gasteiger partial charge on any atom is -1.00 e. The molecule has 0 rings (SSSR count). The van der Waals surface area contributed by atoms with E-state index in [4.69, 9.17) is 22.4 Å². The molecule has 0 aliphatic carbocycles. The van der Waals surface area contributed by atoms with Crippen LogP contribution >= 0.6 is 0 Å². The maximum Gasteiger partial charge on any atom is 1.00 e. The van der Waals surface area contributed by atoms with Crippen LogP contribution in [0, 0.1) is 0 Å². The summed E-state index contributed by atoms with van der Waals surface area (Å²) in [5.74, 6) is 0. The van der Waals surface area contributed by atoms with E-state index in [1.54, 1.807) is 0 Å². The van der Waals surface area contributed by atoms with Gasteiger partial charge in [-0.25, -0.2) is 8.42 Å². The van der Waals surface area contributed by atoms with Gasteiger partial charge >= 0.3 is 59.1 Å². The first kappa shape index (κ1) is 24.6. The number of rotatable bonds is 1. The quantitative estimate of drug-likeness (QED) is 0.213. The SMILES string of the molecule is O=S(O)(O)=S.O=S(O)S(=O)O.[H-].[H-].[Na+].[Na+]. The average Bonchev–Trinajstić information content (AvgIpc) is 1.59. The third kappa shape index (κ3) is 53.6. The van der Waals surface area contributed by atoms with E-state index in [0.717, 1.165) is 0 Å². The van der Waals surface area contributed by atoms with Crippen molar-refractivity contribution in [2.45, 2.75) is 0 Å². The van der Waals surface area contributed by atoms with Crippen molar-refractivity contribution in [3.05, 3.63) is 0 Å². The molecule has 0 aliphatic heterocycles. The van der Waals surface area contributed by atoms with Gasteiger partial charge in [-0.2, -0.15) is 4.21 Å². The first-order valence-corrected chi connectivity index (χ1v) is 6.69. The van der Waals surface area contributed by atoms with Gasteiger partial charge in [0, 0.05) is 11.2 Å². The van der Waals surface area contributed by atoms with Crippen LogP contribution in [0.2, 0.25) is 0 Å². The molecule has 0 fully saturated rings. The summed E-state index contributed by atoms with van der Waals surface area (Å²) in [6.07, 6.45) is 0. The van der Waals surface area contributed by atoms with E-state index in [1.165, 1.54) is 0 Å². The molecule has 74 valence electrons. The third-order valence-corrected chi connectivity index (χ3v) is 1.10. The fraction of sp³-hybridized carbons (Fsp3) is 0. The maximum absolute atomic E-state index is 9.26. The minimum absolute atomic E-state index is 0. The Morgan fingerprint density at radius 3 is 1.15 bits per heavy atom. The molecule has 0 aromatic heterocycles. The summed E-state index contributed by atoms with van der Waals surface area (Å²) in [6.45, 7) is 0. The fourth-order valence-electron chi connectivity index (χ4n) is 0. The van der Waals surface area contributed by atoms with Crippen LogP contribution in [0.3, 0.4) is 0 Å². The molecule has 2 unspecified atom stereocenters. The molecule has 0 amide bonds. The topological polar surface area (TPSA) is 132 Å². The summed E-state index contributed by atoms with van der Waals surface area (Å²) in [7, 11) is -9.01. The van der Waals surface area contributed by atoms with Gasteiger partial charge in [0.15, 0.2) is 0 Å². The predicted molar refractivity (Wildman–Crippen MR) is 44.5 cm³/mol. The van der Waals surface area contributed by atoms with E-state index in [2.05, 4.69) is 11.2 Å². The monoisotopic (exact) mass is 292 g/mol. The molecule has 2 atom stereocenters. The van der Waals surface area contributed by atoms with Crippen molar-refractivity contribution in [3.63, 3.8) is 0 Å². The smallest absolute Gasteiger partial charge is 1.00 e. The molecule has 0 aromatic carbocycles. The Morgan fingerprint density at radius 1 is 1.08 bits per heavy atom. The molecule has 0 spiro atoms. The van der Waals surface area contributed by atoms with E-state index >= 15 is 0 Å². The van der Waals surface area contributed by atoms with Gasteiger partial charge in [-0.3, -0.25) is 18.2 Å². The summed E-state index contributed by atoms with van der Waals surface area (Å²) in [5.41, 5.74) is 0. The maximum atomic E-state index is 9.26. The van der Waals surface area contributed by atoms with Gasteiger partial charge in [-0.1, -0.05) is 0 Å². The summed E-state index contributed by atoms with van der Waals surface area (Å²) in [6, 6.07) is 0. The zero-order valence-electron chi connectivity index (χ0n) is 8.65. The van der Waals surface area contributed by atoms with Crippen LogP contribution in [0.15, 0.2) is 0 Å². The molecule has 0 saturated carbocycles. The van der Waals surface area contributed by atoms with Gasteiger partial charge < -0.3 is 2.85 Å². The Labute approximate surface area is 131 Å². The van der Waals surface area contributed by atoms with Gasteiger partial charge in [0.05, 0.1) is 0 Å². The van der Waals surface area contributed by atoms with Crippen molar-refractivity contribution in [3.8, 4) is 0 Å². The molecule has 0 radical (unpaired) electrons. The van der Waals surface area contributed by atoms with E-state index in [0.29, 0.717) is 0 Å². The van der Waals surface area contributed by atoms with Crippen LogP contribution in [0.1, 0.15) is 2.85 Å². The Hall–Kier alpha value is 2.51. The van der Waals surface area contributed by atoms with Crippen LogP contribution in [-0.4, -0.2) is 30.8 Å². The summed E-state index contributed by atoms with van der Waals surface area (Å²) in [4.78, 5) is 0. The largest absolute Gasteiger partial charge is 1.00 e. The normalized spacial score (nSPS) is 13.5. The van der Waals surface area contributed by atoms with Crippen LogP contribution < -0.4 is 59.1 Å².